The number of piperidine rings is 1. The summed E-state index contributed by atoms with van der Waals surface area (Å²) in [7, 11) is 0. The molecule has 0 N–H and O–H groups in total. The topological polar surface area (TPSA) is 46.6 Å². The van der Waals surface area contributed by atoms with Crippen molar-refractivity contribution < 1.29 is 14.3 Å². The summed E-state index contributed by atoms with van der Waals surface area (Å²) in [6.45, 7) is 3.45. The number of amides is 1. The number of ketones is 1. The lowest BCUT2D eigenvalue weighted by Crippen LogP contribution is -2.48. The van der Waals surface area contributed by atoms with Gasteiger partial charge in [0.05, 0.1) is 6.61 Å². The van der Waals surface area contributed by atoms with E-state index >= 15 is 0 Å². The predicted molar refractivity (Wildman–Crippen MR) is 74.7 cm³/mol. The van der Waals surface area contributed by atoms with Crippen LogP contribution >= 0.6 is 0 Å². The highest BCUT2D eigenvalue weighted by Crippen LogP contribution is 2.35. The van der Waals surface area contributed by atoms with Gasteiger partial charge in [-0.25, -0.2) is 4.79 Å². The Hall–Kier alpha value is -1.84. The van der Waals surface area contributed by atoms with Crippen LogP contribution in [0.2, 0.25) is 0 Å². The molecule has 2 atom stereocenters. The van der Waals surface area contributed by atoms with Crippen molar-refractivity contribution in [3.63, 3.8) is 0 Å². The highest BCUT2D eigenvalue weighted by molar-refractivity contribution is 6.00. The van der Waals surface area contributed by atoms with Crippen molar-refractivity contribution in [1.82, 2.24) is 4.90 Å². The highest BCUT2D eigenvalue weighted by Gasteiger charge is 2.40. The van der Waals surface area contributed by atoms with Gasteiger partial charge < -0.3 is 9.64 Å². The smallest absolute Gasteiger partial charge is 0.409 e. The molecule has 4 nitrogen and oxygen atoms in total. The van der Waals surface area contributed by atoms with Crippen molar-refractivity contribution in [2.24, 2.45) is 11.8 Å². The molecule has 20 heavy (non-hydrogen) atoms. The zero-order valence-corrected chi connectivity index (χ0v) is 11.7. The van der Waals surface area contributed by atoms with Crippen LogP contribution in [0, 0.1) is 11.8 Å². The Bertz CT molecular complexity index is 540. The summed E-state index contributed by atoms with van der Waals surface area (Å²) in [6, 6.07) is 7.83. The number of rotatable bonds is 1. The monoisotopic (exact) mass is 273 g/mol. The number of carbonyl (C=O) groups is 2. The summed E-state index contributed by atoms with van der Waals surface area (Å²) >= 11 is 0. The molecule has 0 radical (unpaired) electrons. The first kappa shape index (κ1) is 13.2. The quantitative estimate of drug-likeness (QED) is 0.790. The van der Waals surface area contributed by atoms with Gasteiger partial charge in [0.15, 0.2) is 5.78 Å². The lowest BCUT2D eigenvalue weighted by molar-refractivity contribution is 0.0567. The molecule has 0 spiro atoms. The van der Waals surface area contributed by atoms with Crippen molar-refractivity contribution in [2.45, 2.75) is 19.8 Å². The van der Waals surface area contributed by atoms with E-state index in [1.54, 1.807) is 4.90 Å². The molecule has 106 valence electrons. The molecule has 1 fully saturated rings. The van der Waals surface area contributed by atoms with Crippen molar-refractivity contribution in [3.05, 3.63) is 35.4 Å². The molecule has 0 bridgehead atoms. The molecule has 0 saturated carbocycles. The number of Topliss-reactive ketones (excluding diaryl/α,β-unsaturated/α-hetero) is 1. The molecule has 4 heteroatoms. The van der Waals surface area contributed by atoms with Crippen LogP contribution < -0.4 is 0 Å². The summed E-state index contributed by atoms with van der Waals surface area (Å²) in [5, 5.41) is 0. The normalized spacial score (nSPS) is 24.9. The third kappa shape index (κ3) is 2.19. The molecular formula is C16H19NO3. The zero-order valence-electron chi connectivity index (χ0n) is 11.7. The minimum absolute atomic E-state index is 0.0653. The van der Waals surface area contributed by atoms with Gasteiger partial charge in [0.25, 0.3) is 0 Å². The van der Waals surface area contributed by atoms with Crippen LogP contribution in [0.5, 0.6) is 0 Å². The number of ether oxygens (including phenoxy) is 1. The first-order valence-corrected chi connectivity index (χ1v) is 7.24. The molecule has 2 aliphatic rings. The van der Waals surface area contributed by atoms with E-state index in [1.807, 2.05) is 31.2 Å². The highest BCUT2D eigenvalue weighted by atomic mass is 16.6. The Morgan fingerprint density at radius 3 is 3.00 bits per heavy atom. The van der Waals surface area contributed by atoms with E-state index in [0.717, 1.165) is 24.0 Å². The van der Waals surface area contributed by atoms with Crippen molar-refractivity contribution in [3.8, 4) is 0 Å². The van der Waals surface area contributed by atoms with Gasteiger partial charge in [-0.3, -0.25) is 4.79 Å². The SMILES string of the molecule is CCOC(=O)N1CCC2C(=O)c3ccccc3CC2C1. The summed E-state index contributed by atoms with van der Waals surface area (Å²) in [5.41, 5.74) is 1.99. The van der Waals surface area contributed by atoms with Crippen LogP contribution in [0.15, 0.2) is 24.3 Å². The fraction of sp³-hybridized carbons (Fsp3) is 0.500. The number of benzene rings is 1. The molecule has 1 saturated heterocycles. The third-order valence-corrected chi connectivity index (χ3v) is 4.36. The summed E-state index contributed by atoms with van der Waals surface area (Å²) in [4.78, 5) is 26.1. The second-order valence-corrected chi connectivity index (χ2v) is 5.53. The Morgan fingerprint density at radius 2 is 2.20 bits per heavy atom. The molecule has 1 heterocycles. The molecule has 2 unspecified atom stereocenters. The average Bonchev–Trinajstić information content (AvgIpc) is 2.47. The average molecular weight is 273 g/mol. The fourth-order valence-corrected chi connectivity index (χ4v) is 3.39. The van der Waals surface area contributed by atoms with E-state index in [9.17, 15) is 9.59 Å². The van der Waals surface area contributed by atoms with Gasteiger partial charge in [0, 0.05) is 24.6 Å². The van der Waals surface area contributed by atoms with Gasteiger partial charge in [-0.2, -0.15) is 0 Å². The van der Waals surface area contributed by atoms with Gasteiger partial charge in [0.2, 0.25) is 0 Å². The number of hydrogen-bond donors (Lipinski definition) is 0. The number of likely N-dealkylation sites (tertiary alicyclic amines) is 1. The second-order valence-electron chi connectivity index (χ2n) is 5.53. The van der Waals surface area contributed by atoms with E-state index in [-0.39, 0.29) is 23.7 Å². The van der Waals surface area contributed by atoms with E-state index in [1.165, 1.54) is 0 Å². The lowest BCUT2D eigenvalue weighted by atomic mass is 9.71. The van der Waals surface area contributed by atoms with Gasteiger partial charge in [-0.15, -0.1) is 0 Å². The van der Waals surface area contributed by atoms with Gasteiger partial charge in [-0.1, -0.05) is 24.3 Å². The maximum absolute atomic E-state index is 12.5. The molecule has 1 amide bonds. The molecule has 1 aliphatic heterocycles. The molecule has 1 aromatic rings. The van der Waals surface area contributed by atoms with E-state index in [0.29, 0.717) is 19.7 Å². The first-order valence-electron chi connectivity index (χ1n) is 7.24. The van der Waals surface area contributed by atoms with Crippen molar-refractivity contribution in [1.29, 1.82) is 0 Å². The first-order chi connectivity index (χ1) is 9.70. The summed E-state index contributed by atoms with van der Waals surface area (Å²) < 4.78 is 5.06. The Kier molecular flexibility index (Phi) is 3.47. The van der Waals surface area contributed by atoms with Crippen molar-refractivity contribution in [2.75, 3.05) is 19.7 Å². The second kappa shape index (κ2) is 5.27. The maximum atomic E-state index is 12.5. The number of hydrogen-bond acceptors (Lipinski definition) is 3. The van der Waals surface area contributed by atoms with Crippen LogP contribution in [-0.4, -0.2) is 36.5 Å². The Labute approximate surface area is 118 Å². The molecular weight excluding hydrogens is 254 g/mol. The maximum Gasteiger partial charge on any atom is 0.409 e. The summed E-state index contributed by atoms with van der Waals surface area (Å²) in [5.74, 6) is 0.548. The van der Waals surface area contributed by atoms with Gasteiger partial charge in [-0.05, 0) is 31.2 Å². The minimum atomic E-state index is -0.253. The lowest BCUT2D eigenvalue weighted by Gasteiger charge is -2.40. The minimum Gasteiger partial charge on any atom is -0.450 e. The molecule has 3 rings (SSSR count). The molecule has 1 aromatic carbocycles. The van der Waals surface area contributed by atoms with Crippen LogP contribution in [-0.2, 0) is 11.2 Å². The number of carbonyl (C=O) groups excluding carboxylic acids is 2. The van der Waals surface area contributed by atoms with Crippen LogP contribution in [0.4, 0.5) is 4.79 Å². The predicted octanol–water partition coefficient (Wildman–Crippen LogP) is 2.52. The van der Waals surface area contributed by atoms with Gasteiger partial charge >= 0.3 is 6.09 Å². The number of fused-ring (bicyclic) bond motifs is 2. The fourth-order valence-electron chi connectivity index (χ4n) is 3.39. The standard InChI is InChI=1S/C16H19NO3/c1-2-20-16(19)17-8-7-14-12(10-17)9-11-5-3-4-6-13(11)15(14)18/h3-6,12,14H,2,7-10H2,1H3. The molecule has 0 aromatic heterocycles. The van der Waals surface area contributed by atoms with E-state index in [2.05, 4.69) is 0 Å². The zero-order chi connectivity index (χ0) is 14.1. The summed E-state index contributed by atoms with van der Waals surface area (Å²) in [6.07, 6.45) is 1.37. The van der Waals surface area contributed by atoms with E-state index < -0.39 is 0 Å². The van der Waals surface area contributed by atoms with Crippen LogP contribution in [0.1, 0.15) is 29.3 Å². The third-order valence-electron chi connectivity index (χ3n) is 4.36. The van der Waals surface area contributed by atoms with Crippen LogP contribution in [0.3, 0.4) is 0 Å². The largest absolute Gasteiger partial charge is 0.450 e. The molecule has 1 aliphatic carbocycles. The van der Waals surface area contributed by atoms with Crippen LogP contribution in [0.25, 0.3) is 0 Å². The Morgan fingerprint density at radius 1 is 1.40 bits per heavy atom. The van der Waals surface area contributed by atoms with E-state index in [4.69, 9.17) is 4.74 Å². The number of nitrogens with zero attached hydrogens (tertiary/aromatic N) is 1. The van der Waals surface area contributed by atoms with Gasteiger partial charge in [0.1, 0.15) is 0 Å². The van der Waals surface area contributed by atoms with Crippen molar-refractivity contribution >= 4 is 11.9 Å². The Balaban J connectivity index is 1.79.